The number of likely N-dealkylation sites (tertiary alicyclic amines) is 1. The summed E-state index contributed by atoms with van der Waals surface area (Å²) in [5.41, 5.74) is 0. The van der Waals surface area contributed by atoms with Gasteiger partial charge in [0, 0.05) is 19.5 Å². The van der Waals surface area contributed by atoms with Crippen molar-refractivity contribution in [3.05, 3.63) is 54.6 Å². The molecule has 5 nitrogen and oxygen atoms in total. The zero-order valence-electron chi connectivity index (χ0n) is 15.5. The Labute approximate surface area is 160 Å². The minimum absolute atomic E-state index is 0.270. The molecular weight excluding hydrogens is 342 g/mol. The van der Waals surface area contributed by atoms with Crippen LogP contribution in [0.1, 0.15) is 25.7 Å². The van der Waals surface area contributed by atoms with Gasteiger partial charge in [-0.1, -0.05) is 18.2 Å². The van der Waals surface area contributed by atoms with Gasteiger partial charge in [-0.3, -0.25) is 9.69 Å². The SMILES string of the molecule is O=C(O)CCC1CCCN(CCOc2ccc(Oc3ccccc3)cc2)C1. The lowest BCUT2D eigenvalue weighted by Gasteiger charge is -2.32. The van der Waals surface area contributed by atoms with Crippen molar-refractivity contribution >= 4 is 5.97 Å². The molecule has 27 heavy (non-hydrogen) atoms. The maximum Gasteiger partial charge on any atom is 0.303 e. The summed E-state index contributed by atoms with van der Waals surface area (Å²) in [5.74, 6) is 2.22. The van der Waals surface area contributed by atoms with Crippen LogP contribution in [0.25, 0.3) is 0 Å². The van der Waals surface area contributed by atoms with E-state index >= 15 is 0 Å². The van der Waals surface area contributed by atoms with E-state index in [1.54, 1.807) is 0 Å². The fraction of sp³-hybridized carbons (Fsp3) is 0.409. The van der Waals surface area contributed by atoms with Gasteiger partial charge < -0.3 is 14.6 Å². The van der Waals surface area contributed by atoms with Gasteiger partial charge in [-0.25, -0.2) is 0 Å². The lowest BCUT2D eigenvalue weighted by Crippen LogP contribution is -2.38. The Morgan fingerprint density at radius 2 is 1.74 bits per heavy atom. The second-order valence-corrected chi connectivity index (χ2v) is 6.98. The monoisotopic (exact) mass is 369 g/mol. The van der Waals surface area contributed by atoms with Crippen molar-refractivity contribution in [3.63, 3.8) is 0 Å². The van der Waals surface area contributed by atoms with Gasteiger partial charge >= 0.3 is 5.97 Å². The number of carbonyl (C=O) groups is 1. The summed E-state index contributed by atoms with van der Waals surface area (Å²) in [6, 6.07) is 17.4. The molecule has 0 aliphatic carbocycles. The Balaban J connectivity index is 1.39. The van der Waals surface area contributed by atoms with Gasteiger partial charge in [-0.05, 0) is 68.1 Å². The van der Waals surface area contributed by atoms with E-state index in [0.29, 0.717) is 12.5 Å². The molecule has 0 bridgehead atoms. The Hall–Kier alpha value is -2.53. The van der Waals surface area contributed by atoms with Crippen LogP contribution in [0.5, 0.6) is 17.2 Å². The Kier molecular flexibility index (Phi) is 7.11. The van der Waals surface area contributed by atoms with Gasteiger partial charge in [0.2, 0.25) is 0 Å². The first-order chi connectivity index (χ1) is 13.2. The molecule has 0 radical (unpaired) electrons. The smallest absolute Gasteiger partial charge is 0.303 e. The summed E-state index contributed by atoms with van der Waals surface area (Å²) in [4.78, 5) is 13.1. The first-order valence-electron chi connectivity index (χ1n) is 9.59. The molecule has 0 saturated carbocycles. The second kappa shape index (κ2) is 9.97. The fourth-order valence-corrected chi connectivity index (χ4v) is 3.44. The molecule has 0 aromatic heterocycles. The van der Waals surface area contributed by atoms with Gasteiger partial charge in [-0.15, -0.1) is 0 Å². The van der Waals surface area contributed by atoms with Crippen molar-refractivity contribution < 1.29 is 19.4 Å². The average molecular weight is 369 g/mol. The predicted octanol–water partition coefficient (Wildman–Crippen LogP) is 4.43. The molecule has 2 aromatic rings. The standard InChI is InChI=1S/C22H27NO4/c24-22(25)13-8-18-5-4-14-23(17-18)15-16-26-19-9-11-21(12-10-19)27-20-6-2-1-3-7-20/h1-3,6-7,9-12,18H,4-5,8,13-17H2,(H,24,25). The van der Waals surface area contributed by atoms with E-state index in [9.17, 15) is 4.79 Å². The minimum atomic E-state index is -0.699. The molecule has 1 N–H and O–H groups in total. The van der Waals surface area contributed by atoms with Crippen LogP contribution in [0, 0.1) is 5.92 Å². The number of benzene rings is 2. The van der Waals surface area contributed by atoms with Gasteiger partial charge in [-0.2, -0.15) is 0 Å². The predicted molar refractivity (Wildman–Crippen MR) is 104 cm³/mol. The van der Waals surface area contributed by atoms with Crippen LogP contribution in [0.15, 0.2) is 54.6 Å². The number of rotatable bonds is 9. The van der Waals surface area contributed by atoms with E-state index in [4.69, 9.17) is 14.6 Å². The molecule has 0 amide bonds. The number of nitrogens with zero attached hydrogens (tertiary/aromatic N) is 1. The van der Waals surface area contributed by atoms with Crippen LogP contribution in [-0.4, -0.2) is 42.2 Å². The summed E-state index contributed by atoms with van der Waals surface area (Å²) in [6.07, 6.45) is 3.31. The number of carboxylic acids is 1. The third-order valence-electron chi connectivity index (χ3n) is 4.85. The Morgan fingerprint density at radius 1 is 1.04 bits per heavy atom. The quantitative estimate of drug-likeness (QED) is 0.708. The molecule has 0 spiro atoms. The molecule has 3 rings (SSSR count). The zero-order chi connectivity index (χ0) is 18.9. The Morgan fingerprint density at radius 3 is 2.48 bits per heavy atom. The van der Waals surface area contributed by atoms with Gasteiger partial charge in [0.15, 0.2) is 0 Å². The van der Waals surface area contributed by atoms with E-state index in [-0.39, 0.29) is 6.42 Å². The average Bonchev–Trinajstić information content (AvgIpc) is 2.69. The summed E-state index contributed by atoms with van der Waals surface area (Å²) in [6.45, 7) is 3.54. The van der Waals surface area contributed by atoms with Gasteiger partial charge in [0.05, 0.1) is 0 Å². The fourth-order valence-electron chi connectivity index (χ4n) is 3.44. The van der Waals surface area contributed by atoms with Crippen molar-refractivity contribution in [2.24, 2.45) is 5.92 Å². The molecule has 1 fully saturated rings. The molecule has 2 aromatic carbocycles. The van der Waals surface area contributed by atoms with Gasteiger partial charge in [0.1, 0.15) is 23.9 Å². The first kappa shape index (κ1) is 19.2. The topological polar surface area (TPSA) is 59.0 Å². The molecule has 1 saturated heterocycles. The van der Waals surface area contributed by atoms with Crippen LogP contribution in [0.2, 0.25) is 0 Å². The van der Waals surface area contributed by atoms with Crippen molar-refractivity contribution in [2.45, 2.75) is 25.7 Å². The first-order valence-corrected chi connectivity index (χ1v) is 9.59. The van der Waals surface area contributed by atoms with Crippen molar-refractivity contribution in [1.82, 2.24) is 4.90 Å². The zero-order valence-corrected chi connectivity index (χ0v) is 15.5. The molecule has 5 heteroatoms. The Bertz CT molecular complexity index is 702. The van der Waals surface area contributed by atoms with E-state index in [1.807, 2.05) is 54.6 Å². The van der Waals surface area contributed by atoms with Crippen LogP contribution in [0.3, 0.4) is 0 Å². The molecule has 1 atom stereocenters. The summed E-state index contributed by atoms with van der Waals surface area (Å²) >= 11 is 0. The normalized spacial score (nSPS) is 17.4. The molecule has 144 valence electrons. The van der Waals surface area contributed by atoms with Crippen LogP contribution in [-0.2, 0) is 4.79 Å². The summed E-state index contributed by atoms with van der Waals surface area (Å²) in [7, 11) is 0. The summed E-state index contributed by atoms with van der Waals surface area (Å²) in [5, 5.41) is 8.84. The maximum absolute atomic E-state index is 10.7. The second-order valence-electron chi connectivity index (χ2n) is 6.98. The third-order valence-corrected chi connectivity index (χ3v) is 4.85. The number of aliphatic carboxylic acids is 1. The number of hydrogen-bond donors (Lipinski definition) is 1. The van der Waals surface area contributed by atoms with Crippen molar-refractivity contribution in [3.8, 4) is 17.2 Å². The van der Waals surface area contributed by atoms with E-state index in [2.05, 4.69) is 4.90 Å². The van der Waals surface area contributed by atoms with Crippen LogP contribution in [0.4, 0.5) is 0 Å². The van der Waals surface area contributed by atoms with E-state index < -0.39 is 5.97 Å². The van der Waals surface area contributed by atoms with Crippen molar-refractivity contribution in [1.29, 1.82) is 0 Å². The molecule has 1 heterocycles. The highest BCUT2D eigenvalue weighted by atomic mass is 16.5. The number of carboxylic acid groups (broad SMARTS) is 1. The molecule has 1 aliphatic heterocycles. The van der Waals surface area contributed by atoms with Crippen LogP contribution < -0.4 is 9.47 Å². The van der Waals surface area contributed by atoms with Crippen molar-refractivity contribution in [2.75, 3.05) is 26.2 Å². The molecular formula is C22H27NO4. The highest BCUT2D eigenvalue weighted by molar-refractivity contribution is 5.66. The third kappa shape index (κ3) is 6.61. The van der Waals surface area contributed by atoms with Crippen LogP contribution >= 0.6 is 0 Å². The number of para-hydroxylation sites is 1. The number of ether oxygens (including phenoxy) is 2. The minimum Gasteiger partial charge on any atom is -0.492 e. The highest BCUT2D eigenvalue weighted by Gasteiger charge is 2.20. The van der Waals surface area contributed by atoms with Gasteiger partial charge in [0.25, 0.3) is 0 Å². The van der Waals surface area contributed by atoms with E-state index in [1.165, 1.54) is 0 Å². The molecule has 1 unspecified atom stereocenters. The largest absolute Gasteiger partial charge is 0.492 e. The molecule has 1 aliphatic rings. The highest BCUT2D eigenvalue weighted by Crippen LogP contribution is 2.24. The maximum atomic E-state index is 10.7. The van der Waals surface area contributed by atoms with E-state index in [0.717, 1.165) is 56.1 Å². The lowest BCUT2D eigenvalue weighted by molar-refractivity contribution is -0.137. The number of piperidine rings is 1. The summed E-state index contributed by atoms with van der Waals surface area (Å²) < 4.78 is 11.6. The number of hydrogen-bond acceptors (Lipinski definition) is 4. The lowest BCUT2D eigenvalue weighted by atomic mass is 9.93.